The van der Waals surface area contributed by atoms with E-state index < -0.39 is 21.0 Å². The Morgan fingerprint density at radius 3 is 2.24 bits per heavy atom. The van der Waals surface area contributed by atoms with Crippen molar-refractivity contribution in [2.45, 2.75) is 17.9 Å². The van der Waals surface area contributed by atoms with E-state index in [1.165, 1.54) is 12.1 Å². The smallest absolute Gasteiger partial charge is 0.258 e. The van der Waals surface area contributed by atoms with Gasteiger partial charge in [0.2, 0.25) is 10.0 Å². The van der Waals surface area contributed by atoms with Crippen molar-refractivity contribution in [3.63, 3.8) is 0 Å². The van der Waals surface area contributed by atoms with Crippen molar-refractivity contribution in [2.75, 3.05) is 0 Å². The van der Waals surface area contributed by atoms with Gasteiger partial charge in [-0.2, -0.15) is 4.72 Å². The standard InChI is InChI=1S/C18H18N2O4S/c1-3-4-5-18(15-8-6-14(2)7-9-15)19-25(23,24)17-12-10-16(11-13-17)20(21)22/h3-13,18-19H,1H2,2H3/b5-4-/t18-/m0/s1. The van der Waals surface area contributed by atoms with Crippen LogP contribution in [-0.2, 0) is 10.0 Å². The summed E-state index contributed by atoms with van der Waals surface area (Å²) in [5, 5.41) is 10.7. The Bertz CT molecular complexity index is 886. The number of allylic oxidation sites excluding steroid dienone is 2. The molecule has 0 fully saturated rings. The number of nitro groups is 1. The number of benzene rings is 2. The lowest BCUT2D eigenvalue weighted by molar-refractivity contribution is -0.384. The number of rotatable bonds is 7. The molecule has 1 atom stereocenters. The van der Waals surface area contributed by atoms with E-state index in [4.69, 9.17) is 0 Å². The van der Waals surface area contributed by atoms with E-state index in [2.05, 4.69) is 11.3 Å². The summed E-state index contributed by atoms with van der Waals surface area (Å²) in [5.41, 5.74) is 1.67. The molecule has 0 aromatic heterocycles. The molecular weight excluding hydrogens is 340 g/mol. The van der Waals surface area contributed by atoms with E-state index in [1.807, 2.05) is 31.2 Å². The molecular formula is C18H18N2O4S. The van der Waals surface area contributed by atoms with Crippen molar-refractivity contribution in [1.82, 2.24) is 4.72 Å². The minimum absolute atomic E-state index is 0.0396. The highest BCUT2D eigenvalue weighted by Crippen LogP contribution is 2.21. The molecule has 25 heavy (non-hydrogen) atoms. The Morgan fingerprint density at radius 1 is 1.12 bits per heavy atom. The van der Waals surface area contributed by atoms with Crippen LogP contribution in [0.25, 0.3) is 0 Å². The molecule has 2 aromatic carbocycles. The average Bonchev–Trinajstić information content (AvgIpc) is 2.59. The molecule has 0 saturated carbocycles. The SMILES string of the molecule is C=C/C=C\[C@H](NS(=O)(=O)c1ccc([N+](=O)[O-])cc1)c1ccc(C)cc1. The maximum Gasteiger partial charge on any atom is 0.269 e. The quantitative estimate of drug-likeness (QED) is 0.465. The summed E-state index contributed by atoms with van der Waals surface area (Å²) in [6.07, 6.45) is 4.89. The summed E-state index contributed by atoms with van der Waals surface area (Å²) >= 11 is 0. The van der Waals surface area contributed by atoms with Crippen LogP contribution in [0.3, 0.4) is 0 Å². The lowest BCUT2D eigenvalue weighted by atomic mass is 10.1. The van der Waals surface area contributed by atoms with Crippen LogP contribution in [0.4, 0.5) is 5.69 Å². The summed E-state index contributed by atoms with van der Waals surface area (Å²) in [7, 11) is -3.85. The molecule has 0 unspecified atom stereocenters. The number of aryl methyl sites for hydroxylation is 1. The fraction of sp³-hybridized carbons (Fsp3) is 0.111. The number of nitro benzene ring substituents is 1. The highest BCUT2D eigenvalue weighted by Gasteiger charge is 2.20. The lowest BCUT2D eigenvalue weighted by Crippen LogP contribution is -2.27. The third-order valence-corrected chi connectivity index (χ3v) is 4.97. The van der Waals surface area contributed by atoms with Crippen LogP contribution >= 0.6 is 0 Å². The fourth-order valence-corrected chi connectivity index (χ4v) is 3.34. The fourth-order valence-electron chi connectivity index (χ4n) is 2.16. The summed E-state index contributed by atoms with van der Waals surface area (Å²) in [4.78, 5) is 10.1. The third kappa shape index (κ3) is 4.85. The molecule has 0 aliphatic heterocycles. The first-order chi connectivity index (χ1) is 11.8. The van der Waals surface area contributed by atoms with Gasteiger partial charge in [0.1, 0.15) is 0 Å². The van der Waals surface area contributed by atoms with Gasteiger partial charge in [0.15, 0.2) is 0 Å². The highest BCUT2D eigenvalue weighted by molar-refractivity contribution is 7.89. The van der Waals surface area contributed by atoms with Crippen molar-refractivity contribution >= 4 is 15.7 Å². The number of hydrogen-bond donors (Lipinski definition) is 1. The molecule has 0 heterocycles. The van der Waals surface area contributed by atoms with Crippen molar-refractivity contribution in [3.8, 4) is 0 Å². The number of hydrogen-bond acceptors (Lipinski definition) is 4. The summed E-state index contributed by atoms with van der Waals surface area (Å²) < 4.78 is 27.8. The zero-order valence-electron chi connectivity index (χ0n) is 13.6. The second-order valence-corrected chi connectivity index (χ2v) is 7.10. The van der Waals surface area contributed by atoms with E-state index in [9.17, 15) is 18.5 Å². The number of nitrogens with zero attached hydrogens (tertiary/aromatic N) is 1. The molecule has 0 bridgehead atoms. The van der Waals surface area contributed by atoms with Crippen molar-refractivity contribution in [2.24, 2.45) is 0 Å². The Hall–Kier alpha value is -2.77. The Kier molecular flexibility index (Phi) is 5.84. The van der Waals surface area contributed by atoms with Gasteiger partial charge in [-0.3, -0.25) is 10.1 Å². The molecule has 7 heteroatoms. The molecule has 0 saturated heterocycles. The minimum Gasteiger partial charge on any atom is -0.258 e. The van der Waals surface area contributed by atoms with Crippen molar-refractivity contribution in [1.29, 1.82) is 0 Å². The zero-order chi connectivity index (χ0) is 18.4. The number of non-ortho nitro benzene ring substituents is 1. The van der Waals surface area contributed by atoms with Gasteiger partial charge >= 0.3 is 0 Å². The first-order valence-corrected chi connectivity index (χ1v) is 8.94. The van der Waals surface area contributed by atoms with Gasteiger partial charge in [-0.1, -0.05) is 54.6 Å². The topological polar surface area (TPSA) is 89.3 Å². The molecule has 0 aliphatic carbocycles. The van der Waals surface area contributed by atoms with E-state index in [1.54, 1.807) is 18.2 Å². The Labute approximate surface area is 146 Å². The molecule has 2 aromatic rings. The zero-order valence-corrected chi connectivity index (χ0v) is 14.4. The van der Waals surface area contributed by atoms with Crippen molar-refractivity contribution < 1.29 is 13.3 Å². The van der Waals surface area contributed by atoms with Gasteiger partial charge in [0, 0.05) is 12.1 Å². The van der Waals surface area contributed by atoms with Crippen LogP contribution in [0.2, 0.25) is 0 Å². The summed E-state index contributed by atoms with van der Waals surface area (Å²) in [6.45, 7) is 5.54. The predicted octanol–water partition coefficient (Wildman–Crippen LogP) is 3.67. The van der Waals surface area contributed by atoms with Crippen LogP contribution in [0, 0.1) is 17.0 Å². The molecule has 6 nitrogen and oxygen atoms in total. The second kappa shape index (κ2) is 7.87. The van der Waals surface area contributed by atoms with Gasteiger partial charge in [-0.05, 0) is 24.6 Å². The van der Waals surface area contributed by atoms with Crippen LogP contribution < -0.4 is 4.72 Å². The maximum atomic E-state index is 12.6. The largest absolute Gasteiger partial charge is 0.269 e. The highest BCUT2D eigenvalue weighted by atomic mass is 32.2. The molecule has 0 spiro atoms. The lowest BCUT2D eigenvalue weighted by Gasteiger charge is -2.16. The van der Waals surface area contributed by atoms with E-state index in [0.29, 0.717) is 0 Å². The minimum atomic E-state index is -3.85. The molecule has 1 N–H and O–H groups in total. The van der Waals surface area contributed by atoms with Crippen molar-refractivity contribution in [3.05, 3.63) is 94.6 Å². The van der Waals surface area contributed by atoms with Gasteiger partial charge in [-0.25, -0.2) is 8.42 Å². The number of sulfonamides is 1. The van der Waals surface area contributed by atoms with Gasteiger partial charge in [0.25, 0.3) is 5.69 Å². The maximum absolute atomic E-state index is 12.6. The van der Waals surface area contributed by atoms with Crippen LogP contribution in [-0.4, -0.2) is 13.3 Å². The van der Waals surface area contributed by atoms with Gasteiger partial charge in [-0.15, -0.1) is 0 Å². The Morgan fingerprint density at radius 2 is 1.72 bits per heavy atom. The average molecular weight is 358 g/mol. The van der Waals surface area contributed by atoms with Crippen LogP contribution in [0.1, 0.15) is 17.2 Å². The van der Waals surface area contributed by atoms with E-state index in [-0.39, 0.29) is 10.6 Å². The predicted molar refractivity (Wildman–Crippen MR) is 96.7 cm³/mol. The van der Waals surface area contributed by atoms with Gasteiger partial charge in [0.05, 0.1) is 15.9 Å². The van der Waals surface area contributed by atoms with Gasteiger partial charge < -0.3 is 0 Å². The Balaban J connectivity index is 2.32. The van der Waals surface area contributed by atoms with E-state index >= 15 is 0 Å². The van der Waals surface area contributed by atoms with E-state index in [0.717, 1.165) is 23.3 Å². The first kappa shape index (κ1) is 18.6. The second-order valence-electron chi connectivity index (χ2n) is 5.38. The third-order valence-electron chi connectivity index (χ3n) is 3.52. The summed E-state index contributed by atoms with van der Waals surface area (Å²) in [6, 6.07) is 11.6. The molecule has 0 aliphatic rings. The monoisotopic (exact) mass is 358 g/mol. The molecule has 2 rings (SSSR count). The molecule has 0 amide bonds. The van der Waals surface area contributed by atoms with Crippen LogP contribution in [0.5, 0.6) is 0 Å². The normalized spacial score (nSPS) is 12.8. The molecule has 130 valence electrons. The summed E-state index contributed by atoms with van der Waals surface area (Å²) in [5.74, 6) is 0. The number of nitrogens with one attached hydrogen (secondary N) is 1. The molecule has 0 radical (unpaired) electrons. The van der Waals surface area contributed by atoms with Crippen LogP contribution in [0.15, 0.2) is 78.2 Å². The first-order valence-electron chi connectivity index (χ1n) is 7.46.